The molecule has 2 aromatic carbocycles. The first-order valence-corrected chi connectivity index (χ1v) is 11.7. The molecule has 0 bridgehead atoms. The molecule has 10 heteroatoms. The third kappa shape index (κ3) is 5.61. The van der Waals surface area contributed by atoms with E-state index in [-0.39, 0.29) is 26.2 Å². The zero-order valence-electron chi connectivity index (χ0n) is 18.0. The summed E-state index contributed by atoms with van der Waals surface area (Å²) >= 11 is 0. The summed E-state index contributed by atoms with van der Waals surface area (Å²) in [6, 6.07) is 9.98. The molecule has 0 spiro atoms. The van der Waals surface area contributed by atoms with Crippen molar-refractivity contribution in [3.8, 4) is 5.75 Å². The van der Waals surface area contributed by atoms with Crippen molar-refractivity contribution in [2.45, 2.75) is 31.0 Å². The van der Waals surface area contributed by atoms with Gasteiger partial charge >= 0.3 is 6.18 Å². The number of aliphatic hydroxyl groups excluding tert-OH is 1. The lowest BCUT2D eigenvalue weighted by Crippen LogP contribution is -2.51. The van der Waals surface area contributed by atoms with E-state index in [0.29, 0.717) is 13.1 Å². The Morgan fingerprint density at radius 2 is 1.59 bits per heavy atom. The molecule has 1 heterocycles. The van der Waals surface area contributed by atoms with Gasteiger partial charge in [0.25, 0.3) is 0 Å². The fraction of sp³-hybridized carbons (Fsp3) is 0.455. The topological polar surface area (TPSA) is 70.1 Å². The normalized spacial score (nSPS) is 17.3. The first kappa shape index (κ1) is 24.5. The summed E-state index contributed by atoms with van der Waals surface area (Å²) in [5.41, 5.74) is 0.770. The third-order valence-electron chi connectivity index (χ3n) is 5.44. The molecule has 0 radical (unpaired) electrons. The first-order chi connectivity index (χ1) is 15.0. The molecule has 176 valence electrons. The number of hydrogen-bond acceptors (Lipinski definition) is 5. The highest BCUT2D eigenvalue weighted by atomic mass is 32.2. The van der Waals surface area contributed by atoms with Crippen molar-refractivity contribution in [3.63, 3.8) is 0 Å². The molecule has 1 aliphatic heterocycles. The minimum absolute atomic E-state index is 0.0407. The van der Waals surface area contributed by atoms with Gasteiger partial charge in [0.05, 0.1) is 10.5 Å². The molecule has 0 saturated carbocycles. The van der Waals surface area contributed by atoms with E-state index in [4.69, 9.17) is 4.74 Å². The number of nitrogens with zero attached hydrogens (tertiary/aromatic N) is 2. The molecule has 1 N–H and O–H groups in total. The predicted molar refractivity (Wildman–Crippen MR) is 114 cm³/mol. The van der Waals surface area contributed by atoms with Crippen LogP contribution in [-0.2, 0) is 16.2 Å². The van der Waals surface area contributed by atoms with Crippen molar-refractivity contribution in [1.29, 1.82) is 0 Å². The SMILES string of the molecule is Cc1cccc(C)c1OC[C@H](O)CN1CCN(S(=O)(=O)c2ccccc2C(F)(F)F)CC1. The van der Waals surface area contributed by atoms with Crippen LogP contribution < -0.4 is 4.74 Å². The van der Waals surface area contributed by atoms with Gasteiger partial charge in [-0.2, -0.15) is 17.5 Å². The molecular weight excluding hydrogens is 445 g/mol. The summed E-state index contributed by atoms with van der Waals surface area (Å²) in [6.45, 7) is 4.89. The highest BCUT2D eigenvalue weighted by molar-refractivity contribution is 7.89. The van der Waals surface area contributed by atoms with Gasteiger partial charge in [-0.05, 0) is 37.1 Å². The monoisotopic (exact) mass is 472 g/mol. The van der Waals surface area contributed by atoms with E-state index in [9.17, 15) is 26.7 Å². The molecular formula is C22H27F3N2O4S. The van der Waals surface area contributed by atoms with E-state index in [1.54, 1.807) is 0 Å². The van der Waals surface area contributed by atoms with Crippen molar-refractivity contribution in [3.05, 3.63) is 59.2 Å². The molecule has 0 aliphatic carbocycles. The number of para-hydroxylation sites is 1. The third-order valence-corrected chi connectivity index (χ3v) is 7.40. The highest BCUT2D eigenvalue weighted by Gasteiger charge is 2.39. The van der Waals surface area contributed by atoms with Crippen molar-refractivity contribution >= 4 is 10.0 Å². The lowest BCUT2D eigenvalue weighted by atomic mass is 10.1. The molecule has 3 rings (SSSR count). The number of aliphatic hydroxyl groups is 1. The summed E-state index contributed by atoms with van der Waals surface area (Å²) in [6.07, 6.45) is -5.55. The average molecular weight is 473 g/mol. The van der Waals surface area contributed by atoms with Crippen molar-refractivity contribution < 1.29 is 31.4 Å². The van der Waals surface area contributed by atoms with Crippen LogP contribution in [0.1, 0.15) is 16.7 Å². The van der Waals surface area contributed by atoms with E-state index in [0.717, 1.165) is 33.3 Å². The maximum absolute atomic E-state index is 13.3. The number of benzene rings is 2. The molecule has 2 aromatic rings. The number of sulfonamides is 1. The van der Waals surface area contributed by atoms with Crippen LogP contribution in [0.5, 0.6) is 5.75 Å². The van der Waals surface area contributed by atoms with Gasteiger partial charge in [0, 0.05) is 32.7 Å². The largest absolute Gasteiger partial charge is 0.490 e. The molecule has 32 heavy (non-hydrogen) atoms. The summed E-state index contributed by atoms with van der Waals surface area (Å²) in [7, 11) is -4.28. The Hall–Kier alpha value is -2.14. The minimum Gasteiger partial charge on any atom is -0.490 e. The Kier molecular flexibility index (Phi) is 7.49. The van der Waals surface area contributed by atoms with E-state index < -0.39 is 32.8 Å². The number of β-amino-alcohol motifs (C(OH)–C–C–N with tert-alkyl or cyclic N) is 1. The van der Waals surface area contributed by atoms with Crippen LogP contribution in [0.4, 0.5) is 13.2 Å². The van der Waals surface area contributed by atoms with Gasteiger partial charge in [-0.15, -0.1) is 0 Å². The molecule has 0 amide bonds. The second kappa shape index (κ2) is 9.78. The molecule has 6 nitrogen and oxygen atoms in total. The van der Waals surface area contributed by atoms with E-state index >= 15 is 0 Å². The van der Waals surface area contributed by atoms with Gasteiger partial charge in [0.1, 0.15) is 18.5 Å². The Morgan fingerprint density at radius 1 is 1.00 bits per heavy atom. The lowest BCUT2D eigenvalue weighted by Gasteiger charge is -2.35. The zero-order chi connectivity index (χ0) is 23.5. The first-order valence-electron chi connectivity index (χ1n) is 10.3. The lowest BCUT2D eigenvalue weighted by molar-refractivity contribution is -0.139. The van der Waals surface area contributed by atoms with Gasteiger partial charge in [-0.25, -0.2) is 8.42 Å². The fourth-order valence-corrected chi connectivity index (χ4v) is 5.41. The second-order valence-corrected chi connectivity index (χ2v) is 9.79. The highest BCUT2D eigenvalue weighted by Crippen LogP contribution is 2.35. The van der Waals surface area contributed by atoms with Crippen LogP contribution in [0.25, 0.3) is 0 Å². The Labute approximate surface area is 186 Å². The number of aryl methyl sites for hydroxylation is 2. The Balaban J connectivity index is 1.57. The standard InChI is InChI=1S/C22H27F3N2O4S/c1-16-6-5-7-17(2)21(16)31-15-18(28)14-26-10-12-27(13-11-26)32(29,30)20-9-4-3-8-19(20)22(23,24)25/h3-9,18,28H,10-15H2,1-2H3/t18-/m1/s1. The van der Waals surface area contributed by atoms with Crippen LogP contribution >= 0.6 is 0 Å². The van der Waals surface area contributed by atoms with Crippen LogP contribution in [-0.4, -0.2) is 68.2 Å². The van der Waals surface area contributed by atoms with E-state index in [1.165, 1.54) is 12.1 Å². The van der Waals surface area contributed by atoms with E-state index in [1.807, 2.05) is 36.9 Å². The summed E-state index contributed by atoms with van der Waals surface area (Å²) in [4.78, 5) is 1.14. The zero-order valence-corrected chi connectivity index (χ0v) is 18.8. The molecule has 1 atom stereocenters. The number of piperazine rings is 1. The van der Waals surface area contributed by atoms with Crippen LogP contribution in [0.15, 0.2) is 47.4 Å². The van der Waals surface area contributed by atoms with Gasteiger partial charge in [-0.1, -0.05) is 30.3 Å². The van der Waals surface area contributed by atoms with Crippen LogP contribution in [0.3, 0.4) is 0 Å². The van der Waals surface area contributed by atoms with Crippen LogP contribution in [0.2, 0.25) is 0 Å². The van der Waals surface area contributed by atoms with Gasteiger partial charge in [0.2, 0.25) is 10.0 Å². The average Bonchev–Trinajstić information content (AvgIpc) is 2.73. The van der Waals surface area contributed by atoms with Crippen molar-refractivity contribution in [1.82, 2.24) is 9.21 Å². The fourth-order valence-electron chi connectivity index (χ4n) is 3.77. The maximum atomic E-state index is 13.3. The molecule has 1 fully saturated rings. The maximum Gasteiger partial charge on any atom is 0.417 e. The molecule has 0 unspecified atom stereocenters. The van der Waals surface area contributed by atoms with Gasteiger partial charge in [-0.3, -0.25) is 4.90 Å². The number of ether oxygens (including phenoxy) is 1. The number of halogens is 3. The number of alkyl halides is 3. The Bertz CT molecular complexity index is 1020. The van der Waals surface area contributed by atoms with E-state index in [2.05, 4.69) is 0 Å². The van der Waals surface area contributed by atoms with Crippen LogP contribution in [0, 0.1) is 13.8 Å². The summed E-state index contributed by atoms with van der Waals surface area (Å²) < 4.78 is 72.3. The van der Waals surface area contributed by atoms with Gasteiger partial charge < -0.3 is 9.84 Å². The number of rotatable bonds is 7. The number of hydrogen-bond donors (Lipinski definition) is 1. The van der Waals surface area contributed by atoms with Gasteiger partial charge in [0.15, 0.2) is 0 Å². The summed E-state index contributed by atoms with van der Waals surface area (Å²) in [5.74, 6) is 0.728. The molecule has 1 aliphatic rings. The Morgan fingerprint density at radius 3 is 2.19 bits per heavy atom. The molecule has 0 aromatic heterocycles. The quantitative estimate of drug-likeness (QED) is 0.671. The summed E-state index contributed by atoms with van der Waals surface area (Å²) in [5, 5.41) is 10.4. The predicted octanol–water partition coefficient (Wildman–Crippen LogP) is 3.07. The van der Waals surface area contributed by atoms with Crippen molar-refractivity contribution in [2.24, 2.45) is 0 Å². The smallest absolute Gasteiger partial charge is 0.417 e. The second-order valence-electron chi connectivity index (χ2n) is 7.88. The van der Waals surface area contributed by atoms with Crippen molar-refractivity contribution in [2.75, 3.05) is 39.3 Å². The molecule has 1 saturated heterocycles. The minimum atomic E-state index is -4.76.